The molecule has 1 aliphatic rings. The highest BCUT2D eigenvalue weighted by Crippen LogP contribution is 2.29. The molecular formula is C22H23N3O6S. The van der Waals surface area contributed by atoms with E-state index in [1.165, 1.54) is 38.1 Å². The van der Waals surface area contributed by atoms with E-state index in [4.69, 9.17) is 0 Å². The average molecular weight is 458 g/mol. The summed E-state index contributed by atoms with van der Waals surface area (Å²) in [5.74, 6) is -1.02. The number of amides is 4. The van der Waals surface area contributed by atoms with Crippen molar-refractivity contribution in [2.75, 3.05) is 18.1 Å². The van der Waals surface area contributed by atoms with Crippen LogP contribution in [-0.2, 0) is 25.0 Å². The third-order valence-electron chi connectivity index (χ3n) is 5.27. The molecule has 9 nitrogen and oxygen atoms in total. The zero-order chi connectivity index (χ0) is 23.7. The quantitative estimate of drug-likeness (QED) is 0.484. The number of rotatable bonds is 7. The summed E-state index contributed by atoms with van der Waals surface area (Å²) < 4.78 is 23.3. The van der Waals surface area contributed by atoms with E-state index in [1.807, 2.05) is 0 Å². The molecule has 1 fully saturated rings. The van der Waals surface area contributed by atoms with Gasteiger partial charge in [0.15, 0.2) is 15.6 Å². The fourth-order valence-electron chi connectivity index (χ4n) is 3.36. The first-order valence-corrected chi connectivity index (χ1v) is 11.7. The van der Waals surface area contributed by atoms with E-state index in [1.54, 1.807) is 24.3 Å². The van der Waals surface area contributed by atoms with Crippen molar-refractivity contribution in [3.8, 4) is 0 Å². The van der Waals surface area contributed by atoms with E-state index in [2.05, 4.69) is 10.6 Å². The number of carbonyl (C=O) groups is 4. The first-order chi connectivity index (χ1) is 14.9. The lowest BCUT2D eigenvalue weighted by Crippen LogP contribution is -2.41. The minimum absolute atomic E-state index is 0.0876. The van der Waals surface area contributed by atoms with E-state index < -0.39 is 33.2 Å². The van der Waals surface area contributed by atoms with Crippen LogP contribution in [0.25, 0.3) is 0 Å². The lowest BCUT2D eigenvalue weighted by molar-refractivity contribution is -0.131. The van der Waals surface area contributed by atoms with Crippen molar-refractivity contribution in [3.05, 3.63) is 59.7 Å². The Hall–Kier alpha value is -3.53. The van der Waals surface area contributed by atoms with Crippen molar-refractivity contribution in [1.82, 2.24) is 10.2 Å². The third kappa shape index (κ3) is 4.70. The number of nitrogens with one attached hydrogen (secondary N) is 2. The molecule has 2 N–H and O–H groups in total. The molecule has 1 saturated heterocycles. The highest BCUT2D eigenvalue weighted by Gasteiger charge is 2.48. The molecule has 0 aromatic heterocycles. The largest absolute Gasteiger partial charge is 0.326 e. The van der Waals surface area contributed by atoms with Gasteiger partial charge in [-0.15, -0.1) is 0 Å². The van der Waals surface area contributed by atoms with Crippen LogP contribution < -0.4 is 10.6 Å². The maximum atomic E-state index is 13.0. The van der Waals surface area contributed by atoms with Crippen LogP contribution >= 0.6 is 0 Å². The Labute approximate surface area is 185 Å². The predicted molar refractivity (Wildman–Crippen MR) is 117 cm³/mol. The Morgan fingerprint density at radius 3 is 2.16 bits per heavy atom. The van der Waals surface area contributed by atoms with Crippen molar-refractivity contribution in [2.24, 2.45) is 0 Å². The molecule has 4 amide bonds. The van der Waals surface area contributed by atoms with E-state index in [-0.39, 0.29) is 23.6 Å². The van der Waals surface area contributed by atoms with Gasteiger partial charge < -0.3 is 10.6 Å². The molecule has 32 heavy (non-hydrogen) atoms. The number of hydrogen-bond donors (Lipinski definition) is 2. The van der Waals surface area contributed by atoms with Gasteiger partial charge in [-0.3, -0.25) is 19.3 Å². The molecule has 1 heterocycles. The van der Waals surface area contributed by atoms with Gasteiger partial charge in [0.25, 0.3) is 5.91 Å². The van der Waals surface area contributed by atoms with Gasteiger partial charge in [-0.05, 0) is 55.8 Å². The molecule has 0 radical (unpaired) electrons. The molecule has 1 atom stereocenters. The number of carbonyl (C=O) groups excluding carboxylic acids is 4. The van der Waals surface area contributed by atoms with Crippen LogP contribution in [0.2, 0.25) is 0 Å². The summed E-state index contributed by atoms with van der Waals surface area (Å²) in [4.78, 5) is 50.0. The van der Waals surface area contributed by atoms with Crippen molar-refractivity contribution in [2.45, 2.75) is 30.7 Å². The minimum Gasteiger partial charge on any atom is -0.326 e. The zero-order valence-electron chi connectivity index (χ0n) is 17.8. The Morgan fingerprint density at radius 1 is 1.03 bits per heavy atom. The number of hydrogen-bond acceptors (Lipinski definition) is 6. The second kappa shape index (κ2) is 8.54. The van der Waals surface area contributed by atoms with Crippen LogP contribution in [0.5, 0.6) is 0 Å². The molecule has 2 aromatic rings. The summed E-state index contributed by atoms with van der Waals surface area (Å²) in [6.45, 7) is 2.85. The molecular weight excluding hydrogens is 434 g/mol. The van der Waals surface area contributed by atoms with Crippen molar-refractivity contribution in [1.29, 1.82) is 0 Å². The van der Waals surface area contributed by atoms with Crippen LogP contribution in [0.4, 0.5) is 10.5 Å². The summed E-state index contributed by atoms with van der Waals surface area (Å²) in [5.41, 5.74) is 0.0755. The number of imide groups is 1. The van der Waals surface area contributed by atoms with Crippen LogP contribution in [0.1, 0.15) is 36.2 Å². The second-order valence-electron chi connectivity index (χ2n) is 7.74. The number of ketones is 1. The fraction of sp³-hybridized carbons (Fsp3) is 0.273. The highest BCUT2D eigenvalue weighted by atomic mass is 32.2. The molecule has 1 aliphatic heterocycles. The number of anilines is 1. The molecule has 0 bridgehead atoms. The molecule has 168 valence electrons. The molecule has 0 spiro atoms. The van der Waals surface area contributed by atoms with Crippen molar-refractivity contribution < 1.29 is 27.6 Å². The lowest BCUT2D eigenvalue weighted by Gasteiger charge is -2.22. The standard InChI is InChI=1S/C22H23N3O6S/c1-14(26)15-4-8-17(9-5-15)23-19(27)12-13-25-20(28)22(2,24-21(25)29)16-6-10-18(11-7-16)32(3,30)31/h4-11H,12-13H2,1-3H3,(H,23,27)(H,24,29). The predicted octanol–water partition coefficient (Wildman–Crippen LogP) is 2.09. The molecule has 2 aromatic carbocycles. The maximum Gasteiger partial charge on any atom is 0.325 e. The molecule has 0 aliphatic carbocycles. The summed E-state index contributed by atoms with van der Waals surface area (Å²) in [7, 11) is -3.39. The van der Waals surface area contributed by atoms with E-state index in [0.29, 0.717) is 16.8 Å². The van der Waals surface area contributed by atoms with E-state index >= 15 is 0 Å². The minimum atomic E-state index is -3.39. The van der Waals surface area contributed by atoms with E-state index in [9.17, 15) is 27.6 Å². The second-order valence-corrected chi connectivity index (χ2v) is 9.76. The van der Waals surface area contributed by atoms with Gasteiger partial charge in [-0.1, -0.05) is 12.1 Å². The number of sulfone groups is 1. The molecule has 0 saturated carbocycles. The maximum absolute atomic E-state index is 13.0. The number of benzene rings is 2. The highest BCUT2D eigenvalue weighted by molar-refractivity contribution is 7.90. The SMILES string of the molecule is CC(=O)c1ccc(NC(=O)CCN2C(=O)NC(C)(c3ccc(S(C)(=O)=O)cc3)C2=O)cc1. The van der Waals surface area contributed by atoms with Crippen molar-refractivity contribution >= 4 is 39.2 Å². The number of Topliss-reactive ketones (excluding diaryl/α,β-unsaturated/α-hetero) is 1. The topological polar surface area (TPSA) is 130 Å². The van der Waals surface area contributed by atoms with E-state index in [0.717, 1.165) is 11.2 Å². The normalized spacial score (nSPS) is 18.4. The summed E-state index contributed by atoms with van der Waals surface area (Å²) >= 11 is 0. The van der Waals surface area contributed by atoms with Crippen LogP contribution in [0.3, 0.4) is 0 Å². The Kier molecular flexibility index (Phi) is 6.18. The van der Waals surface area contributed by atoms with Gasteiger partial charge in [-0.2, -0.15) is 0 Å². The fourth-order valence-corrected chi connectivity index (χ4v) is 3.99. The Bertz CT molecular complexity index is 1190. The first-order valence-electron chi connectivity index (χ1n) is 9.77. The third-order valence-corrected chi connectivity index (χ3v) is 6.40. The number of urea groups is 1. The Morgan fingerprint density at radius 2 is 1.62 bits per heavy atom. The van der Waals surface area contributed by atoms with Crippen LogP contribution in [0.15, 0.2) is 53.4 Å². The Balaban J connectivity index is 1.65. The van der Waals surface area contributed by atoms with Crippen LogP contribution in [0, 0.1) is 0 Å². The van der Waals surface area contributed by atoms with Crippen LogP contribution in [-0.4, -0.2) is 49.7 Å². The van der Waals surface area contributed by atoms with Gasteiger partial charge in [0.05, 0.1) is 4.90 Å². The van der Waals surface area contributed by atoms with Gasteiger partial charge in [0, 0.05) is 30.5 Å². The summed E-state index contributed by atoms with van der Waals surface area (Å²) in [5, 5.41) is 5.28. The number of nitrogens with zero attached hydrogens (tertiary/aromatic N) is 1. The molecule has 1 unspecified atom stereocenters. The van der Waals surface area contributed by atoms with Gasteiger partial charge in [0.1, 0.15) is 5.54 Å². The molecule has 3 rings (SSSR count). The lowest BCUT2D eigenvalue weighted by atomic mass is 9.92. The average Bonchev–Trinajstić information content (AvgIpc) is 2.95. The summed E-state index contributed by atoms with van der Waals surface area (Å²) in [6, 6.07) is 11.5. The smallest absolute Gasteiger partial charge is 0.325 e. The van der Waals surface area contributed by atoms with Gasteiger partial charge in [-0.25, -0.2) is 13.2 Å². The van der Waals surface area contributed by atoms with Gasteiger partial charge >= 0.3 is 6.03 Å². The van der Waals surface area contributed by atoms with Crippen molar-refractivity contribution in [3.63, 3.8) is 0 Å². The molecule has 10 heteroatoms. The summed E-state index contributed by atoms with van der Waals surface area (Å²) in [6.07, 6.45) is 0.966. The van der Waals surface area contributed by atoms with Gasteiger partial charge in [0.2, 0.25) is 5.91 Å². The monoisotopic (exact) mass is 457 g/mol. The first kappa shape index (κ1) is 23.1. The zero-order valence-corrected chi connectivity index (χ0v) is 18.7.